The summed E-state index contributed by atoms with van der Waals surface area (Å²) in [6, 6.07) is 19.2. The van der Waals surface area contributed by atoms with Crippen molar-refractivity contribution in [2.45, 2.75) is 6.92 Å². The molecule has 4 rings (SSSR count). The SMILES string of the molecule is Cc1cc(Br)ccc1NC(=O)CNC(=O)c1ccc(-n2cnc3ccccc3c2=O)cc1. The minimum Gasteiger partial charge on any atom is -0.343 e. The molecule has 0 unspecified atom stereocenters. The second kappa shape index (κ2) is 9.15. The molecule has 0 aliphatic heterocycles. The topological polar surface area (TPSA) is 93.1 Å². The van der Waals surface area contributed by atoms with Gasteiger partial charge >= 0.3 is 0 Å². The van der Waals surface area contributed by atoms with Crippen molar-refractivity contribution in [2.24, 2.45) is 0 Å². The molecule has 0 bridgehead atoms. The Kier molecular flexibility index (Phi) is 6.13. The maximum Gasteiger partial charge on any atom is 0.265 e. The highest BCUT2D eigenvalue weighted by molar-refractivity contribution is 9.10. The lowest BCUT2D eigenvalue weighted by molar-refractivity contribution is -0.115. The van der Waals surface area contributed by atoms with Gasteiger partial charge in [0.25, 0.3) is 11.5 Å². The van der Waals surface area contributed by atoms with Crippen molar-refractivity contribution in [3.8, 4) is 5.69 Å². The minimum absolute atomic E-state index is 0.163. The molecule has 4 aromatic rings. The van der Waals surface area contributed by atoms with E-state index in [-0.39, 0.29) is 23.9 Å². The number of hydrogen-bond donors (Lipinski definition) is 2. The molecule has 7 nitrogen and oxygen atoms in total. The third kappa shape index (κ3) is 4.60. The minimum atomic E-state index is -0.386. The molecule has 3 aromatic carbocycles. The summed E-state index contributed by atoms with van der Waals surface area (Å²) < 4.78 is 2.35. The van der Waals surface area contributed by atoms with Gasteiger partial charge in [-0.15, -0.1) is 0 Å². The van der Waals surface area contributed by atoms with Crippen LogP contribution in [0.4, 0.5) is 5.69 Å². The number of para-hydroxylation sites is 1. The fraction of sp³-hybridized carbons (Fsp3) is 0.0833. The molecule has 160 valence electrons. The second-order valence-electron chi connectivity index (χ2n) is 7.17. The molecular formula is C24H19BrN4O3. The zero-order chi connectivity index (χ0) is 22.7. The number of aryl methyl sites for hydroxylation is 1. The lowest BCUT2D eigenvalue weighted by atomic mass is 10.2. The van der Waals surface area contributed by atoms with Crippen molar-refractivity contribution in [1.29, 1.82) is 0 Å². The van der Waals surface area contributed by atoms with Crippen LogP contribution in [-0.2, 0) is 4.79 Å². The van der Waals surface area contributed by atoms with Gasteiger partial charge in [-0.1, -0.05) is 28.1 Å². The molecule has 0 saturated carbocycles. The number of rotatable bonds is 5. The number of carbonyl (C=O) groups excluding carboxylic acids is 2. The summed E-state index contributed by atoms with van der Waals surface area (Å²) in [5, 5.41) is 5.90. The summed E-state index contributed by atoms with van der Waals surface area (Å²) in [6.45, 7) is 1.72. The van der Waals surface area contributed by atoms with Crippen LogP contribution in [0.3, 0.4) is 0 Å². The average molecular weight is 491 g/mol. The molecule has 8 heteroatoms. The van der Waals surface area contributed by atoms with Crippen LogP contribution in [0.2, 0.25) is 0 Å². The highest BCUT2D eigenvalue weighted by Crippen LogP contribution is 2.19. The van der Waals surface area contributed by atoms with Gasteiger partial charge in [-0.3, -0.25) is 19.0 Å². The highest BCUT2D eigenvalue weighted by Gasteiger charge is 2.11. The molecule has 0 aliphatic carbocycles. The van der Waals surface area contributed by atoms with E-state index in [2.05, 4.69) is 31.5 Å². The van der Waals surface area contributed by atoms with E-state index >= 15 is 0 Å². The van der Waals surface area contributed by atoms with Crippen LogP contribution in [-0.4, -0.2) is 27.9 Å². The molecule has 0 aliphatic rings. The number of fused-ring (bicyclic) bond motifs is 1. The molecule has 0 fully saturated rings. The Morgan fingerprint density at radius 2 is 1.78 bits per heavy atom. The van der Waals surface area contributed by atoms with Gasteiger partial charge in [0.05, 0.1) is 23.1 Å². The first kappa shape index (κ1) is 21.5. The van der Waals surface area contributed by atoms with Gasteiger partial charge in [0.2, 0.25) is 5.91 Å². The van der Waals surface area contributed by atoms with E-state index in [1.807, 2.05) is 25.1 Å². The number of halogens is 1. The number of carbonyl (C=O) groups is 2. The Balaban J connectivity index is 1.42. The molecule has 2 N–H and O–H groups in total. The van der Waals surface area contributed by atoms with Gasteiger partial charge in [0.15, 0.2) is 0 Å². The number of hydrogen-bond acceptors (Lipinski definition) is 4. The second-order valence-corrected chi connectivity index (χ2v) is 8.09. The molecule has 0 saturated heterocycles. The van der Waals surface area contributed by atoms with E-state index in [9.17, 15) is 14.4 Å². The molecular weight excluding hydrogens is 472 g/mol. The molecule has 2 amide bonds. The standard InChI is InChI=1S/C24H19BrN4O3/c1-15-12-17(25)8-11-20(15)28-22(30)13-26-23(31)16-6-9-18(10-7-16)29-14-27-21-5-3-2-4-19(21)24(29)32/h2-12,14H,13H2,1H3,(H,26,31)(H,28,30). The molecule has 1 aromatic heterocycles. The number of anilines is 1. The molecule has 0 radical (unpaired) electrons. The highest BCUT2D eigenvalue weighted by atomic mass is 79.9. The summed E-state index contributed by atoms with van der Waals surface area (Å²) in [4.78, 5) is 41.6. The average Bonchev–Trinajstić information content (AvgIpc) is 2.80. The first-order valence-electron chi connectivity index (χ1n) is 9.83. The van der Waals surface area contributed by atoms with Gasteiger partial charge in [0, 0.05) is 15.7 Å². The van der Waals surface area contributed by atoms with Gasteiger partial charge in [0.1, 0.15) is 6.33 Å². The lowest BCUT2D eigenvalue weighted by Gasteiger charge is -2.10. The molecule has 32 heavy (non-hydrogen) atoms. The van der Waals surface area contributed by atoms with Crippen molar-refractivity contribution in [1.82, 2.24) is 14.9 Å². The van der Waals surface area contributed by atoms with Gasteiger partial charge in [-0.2, -0.15) is 0 Å². The van der Waals surface area contributed by atoms with Crippen molar-refractivity contribution >= 4 is 44.3 Å². The number of nitrogens with zero attached hydrogens (tertiary/aromatic N) is 2. The molecule has 0 spiro atoms. The monoisotopic (exact) mass is 490 g/mol. The normalized spacial score (nSPS) is 10.7. The molecule has 1 heterocycles. The fourth-order valence-corrected chi connectivity index (χ4v) is 3.73. The Hall–Kier alpha value is -3.78. The van der Waals surface area contributed by atoms with Gasteiger partial charge in [-0.25, -0.2) is 4.98 Å². The van der Waals surface area contributed by atoms with E-state index in [4.69, 9.17) is 0 Å². The first-order chi connectivity index (χ1) is 15.4. The van der Waals surface area contributed by atoms with E-state index in [0.29, 0.717) is 27.8 Å². The number of aromatic nitrogens is 2. The maximum atomic E-state index is 12.7. The van der Waals surface area contributed by atoms with Crippen LogP contribution >= 0.6 is 15.9 Å². The summed E-state index contributed by atoms with van der Waals surface area (Å²) in [5.74, 6) is -0.711. The first-order valence-corrected chi connectivity index (χ1v) is 10.6. The van der Waals surface area contributed by atoms with Crippen molar-refractivity contribution in [3.63, 3.8) is 0 Å². The van der Waals surface area contributed by atoms with E-state index < -0.39 is 0 Å². The predicted molar refractivity (Wildman–Crippen MR) is 127 cm³/mol. The Bertz CT molecular complexity index is 1380. The number of benzene rings is 3. The van der Waals surface area contributed by atoms with E-state index in [0.717, 1.165) is 10.0 Å². The Labute approximate surface area is 192 Å². The van der Waals surface area contributed by atoms with Crippen molar-refractivity contribution in [2.75, 3.05) is 11.9 Å². The smallest absolute Gasteiger partial charge is 0.265 e. The quantitative estimate of drug-likeness (QED) is 0.444. The molecule has 0 atom stereocenters. The van der Waals surface area contributed by atoms with Crippen molar-refractivity contribution < 1.29 is 9.59 Å². The zero-order valence-electron chi connectivity index (χ0n) is 17.1. The lowest BCUT2D eigenvalue weighted by Crippen LogP contribution is -2.33. The van der Waals surface area contributed by atoms with Crippen LogP contribution in [0.5, 0.6) is 0 Å². The third-order valence-electron chi connectivity index (χ3n) is 4.95. The van der Waals surface area contributed by atoms with E-state index in [1.165, 1.54) is 10.9 Å². The van der Waals surface area contributed by atoms with E-state index in [1.54, 1.807) is 48.5 Å². The summed E-state index contributed by atoms with van der Waals surface area (Å²) in [6.07, 6.45) is 1.47. The van der Waals surface area contributed by atoms with Crippen LogP contribution < -0.4 is 16.2 Å². The Morgan fingerprint density at radius 3 is 2.53 bits per heavy atom. The maximum absolute atomic E-state index is 12.7. The number of nitrogens with one attached hydrogen (secondary N) is 2. The summed E-state index contributed by atoms with van der Waals surface area (Å²) in [7, 11) is 0. The van der Waals surface area contributed by atoms with Crippen LogP contribution in [0.15, 0.2) is 82.3 Å². The summed E-state index contributed by atoms with van der Waals surface area (Å²) >= 11 is 3.38. The Morgan fingerprint density at radius 1 is 1.03 bits per heavy atom. The van der Waals surface area contributed by atoms with Crippen LogP contribution in [0.25, 0.3) is 16.6 Å². The predicted octanol–water partition coefficient (Wildman–Crippen LogP) is 3.83. The fourth-order valence-electron chi connectivity index (χ4n) is 3.25. The summed E-state index contributed by atoms with van der Waals surface area (Å²) in [5.41, 5.74) is 3.00. The van der Waals surface area contributed by atoms with Gasteiger partial charge in [-0.05, 0) is 67.1 Å². The largest absolute Gasteiger partial charge is 0.343 e. The van der Waals surface area contributed by atoms with Gasteiger partial charge < -0.3 is 10.6 Å². The number of amides is 2. The zero-order valence-corrected chi connectivity index (χ0v) is 18.7. The van der Waals surface area contributed by atoms with Crippen molar-refractivity contribution in [3.05, 3.63) is 99.0 Å². The van der Waals surface area contributed by atoms with Crippen LogP contribution in [0.1, 0.15) is 15.9 Å². The third-order valence-corrected chi connectivity index (χ3v) is 5.44. The van der Waals surface area contributed by atoms with Crippen LogP contribution in [0, 0.1) is 6.92 Å².